The largest absolute Gasteiger partial charge is 0.494 e. The highest BCUT2D eigenvalue weighted by Gasteiger charge is 2.21. The Morgan fingerprint density at radius 1 is 0.750 bits per heavy atom. The molecule has 3 rings (SSSR count). The monoisotopic (exact) mass is 430 g/mol. The predicted octanol–water partition coefficient (Wildman–Crippen LogP) is 8.70. The second-order valence-electron chi connectivity index (χ2n) is 9.45. The quantitative estimate of drug-likeness (QED) is 0.256. The van der Waals surface area contributed by atoms with Crippen LogP contribution in [0.4, 0.5) is 0 Å². The van der Waals surface area contributed by atoms with E-state index in [4.69, 9.17) is 4.74 Å². The number of aryl methyl sites for hydroxylation is 1. The van der Waals surface area contributed by atoms with Crippen molar-refractivity contribution in [3.63, 3.8) is 0 Å². The molecule has 0 heterocycles. The first-order valence-corrected chi connectivity index (χ1v) is 13.1. The summed E-state index contributed by atoms with van der Waals surface area (Å²) in [5.41, 5.74) is 4.14. The number of ether oxygens (including phenoxy) is 1. The topological polar surface area (TPSA) is 9.23 Å². The van der Waals surface area contributed by atoms with E-state index in [1.807, 2.05) is 12.1 Å². The van der Waals surface area contributed by atoms with Gasteiger partial charge < -0.3 is 4.74 Å². The lowest BCUT2D eigenvalue weighted by atomic mass is 9.78. The van der Waals surface area contributed by atoms with Crippen molar-refractivity contribution in [3.05, 3.63) is 65.2 Å². The van der Waals surface area contributed by atoms with Crippen LogP contribution in [0.2, 0.25) is 0 Å². The third-order valence-corrected chi connectivity index (χ3v) is 6.79. The molecule has 1 nitrogen and oxygen atoms in total. The van der Waals surface area contributed by atoms with Crippen LogP contribution in [0.15, 0.2) is 48.5 Å². The van der Waals surface area contributed by atoms with Gasteiger partial charge in [-0.1, -0.05) is 82.1 Å². The van der Waals surface area contributed by atoms with Gasteiger partial charge in [0.2, 0.25) is 0 Å². The van der Waals surface area contributed by atoms with Crippen LogP contribution in [0.3, 0.4) is 0 Å². The lowest BCUT2D eigenvalue weighted by Gasteiger charge is -2.26. The highest BCUT2D eigenvalue weighted by molar-refractivity contribution is 5.38. The van der Waals surface area contributed by atoms with Crippen molar-refractivity contribution < 1.29 is 4.74 Å². The molecule has 2 aromatic rings. The molecule has 172 valence electrons. The van der Waals surface area contributed by atoms with Gasteiger partial charge in [-0.05, 0) is 86.3 Å². The molecule has 0 unspecified atom stereocenters. The minimum absolute atomic E-state index is 0.536. The summed E-state index contributed by atoms with van der Waals surface area (Å²) >= 11 is 0. The van der Waals surface area contributed by atoms with Gasteiger partial charge in [0.15, 0.2) is 0 Å². The molecule has 0 radical (unpaired) electrons. The van der Waals surface area contributed by atoms with Gasteiger partial charge in [0.25, 0.3) is 0 Å². The molecule has 0 N–H and O–H groups in total. The first kappa shape index (κ1) is 24.4. The van der Waals surface area contributed by atoms with Crippen molar-refractivity contribution in [2.24, 2.45) is 5.92 Å². The van der Waals surface area contributed by atoms with Crippen LogP contribution in [0.1, 0.15) is 107 Å². The Hall–Kier alpha value is -2.20. The van der Waals surface area contributed by atoms with E-state index in [1.165, 1.54) is 75.3 Å². The molecule has 1 fully saturated rings. The average molecular weight is 431 g/mol. The van der Waals surface area contributed by atoms with E-state index in [1.54, 1.807) is 0 Å². The van der Waals surface area contributed by atoms with Crippen molar-refractivity contribution in [3.8, 4) is 17.6 Å². The number of hydrogen-bond donors (Lipinski definition) is 0. The second-order valence-corrected chi connectivity index (χ2v) is 9.45. The number of rotatable bonds is 11. The first-order chi connectivity index (χ1) is 15.8. The van der Waals surface area contributed by atoms with Crippen LogP contribution in [0.5, 0.6) is 5.75 Å². The zero-order chi connectivity index (χ0) is 22.4. The highest BCUT2D eigenvalue weighted by atomic mass is 16.5. The number of hydrogen-bond acceptors (Lipinski definition) is 1. The third kappa shape index (κ3) is 8.38. The van der Waals surface area contributed by atoms with E-state index < -0.39 is 0 Å². The molecule has 0 aliphatic heterocycles. The smallest absolute Gasteiger partial charge is 0.119 e. The molecule has 0 bridgehead atoms. The van der Waals surface area contributed by atoms with Gasteiger partial charge in [-0.2, -0.15) is 0 Å². The predicted molar refractivity (Wildman–Crippen MR) is 137 cm³/mol. The lowest BCUT2D eigenvalue weighted by Crippen LogP contribution is -2.12. The van der Waals surface area contributed by atoms with Gasteiger partial charge in [-0.15, -0.1) is 0 Å². The van der Waals surface area contributed by atoms with E-state index in [9.17, 15) is 0 Å². The van der Waals surface area contributed by atoms with Gasteiger partial charge in [-0.25, -0.2) is 0 Å². The van der Waals surface area contributed by atoms with Gasteiger partial charge >= 0.3 is 0 Å². The Morgan fingerprint density at radius 2 is 1.44 bits per heavy atom. The fourth-order valence-electron chi connectivity index (χ4n) is 4.61. The summed E-state index contributed by atoms with van der Waals surface area (Å²) in [5, 5.41) is 0. The molecule has 1 heteroatoms. The van der Waals surface area contributed by atoms with Gasteiger partial charge in [0.1, 0.15) is 5.75 Å². The van der Waals surface area contributed by atoms with E-state index in [0.717, 1.165) is 30.8 Å². The summed E-state index contributed by atoms with van der Waals surface area (Å²) in [7, 11) is 0. The van der Waals surface area contributed by atoms with E-state index in [-0.39, 0.29) is 0 Å². The minimum atomic E-state index is 0.536. The maximum absolute atomic E-state index is 5.74. The molecular weight excluding hydrogens is 388 g/mol. The molecular formula is C31H42O. The molecule has 32 heavy (non-hydrogen) atoms. The second kappa shape index (κ2) is 14.1. The SMILES string of the molecule is CCCCCCCc1ccc([C@H]2CC[C@H](C#Cc3ccc(OCCCC)cc3)CC2)cc1. The lowest BCUT2D eigenvalue weighted by molar-refractivity contribution is 0.309. The number of benzene rings is 2. The van der Waals surface area contributed by atoms with Gasteiger partial charge in [-0.3, -0.25) is 0 Å². The van der Waals surface area contributed by atoms with Crippen LogP contribution < -0.4 is 4.74 Å². The fraction of sp³-hybridized carbons (Fsp3) is 0.548. The molecule has 0 atom stereocenters. The Bertz CT molecular complexity index is 814. The summed E-state index contributed by atoms with van der Waals surface area (Å²) < 4.78 is 5.74. The first-order valence-electron chi connectivity index (χ1n) is 13.1. The minimum Gasteiger partial charge on any atom is -0.494 e. The molecule has 1 aliphatic carbocycles. The molecule has 0 spiro atoms. The van der Waals surface area contributed by atoms with Crippen LogP contribution in [0.25, 0.3) is 0 Å². The van der Waals surface area contributed by atoms with Crippen molar-refractivity contribution in [2.75, 3.05) is 6.61 Å². The zero-order valence-electron chi connectivity index (χ0n) is 20.4. The molecule has 0 amide bonds. The molecule has 0 saturated heterocycles. The van der Waals surface area contributed by atoms with E-state index >= 15 is 0 Å². The maximum Gasteiger partial charge on any atom is 0.119 e. The van der Waals surface area contributed by atoms with Crippen molar-refractivity contribution in [1.29, 1.82) is 0 Å². The van der Waals surface area contributed by atoms with Crippen LogP contribution in [-0.4, -0.2) is 6.61 Å². The van der Waals surface area contributed by atoms with Crippen LogP contribution in [0, 0.1) is 17.8 Å². The summed E-state index contributed by atoms with van der Waals surface area (Å²) in [4.78, 5) is 0. The average Bonchev–Trinajstić information content (AvgIpc) is 2.84. The van der Waals surface area contributed by atoms with Crippen molar-refractivity contribution in [2.45, 2.75) is 96.8 Å². The van der Waals surface area contributed by atoms with Crippen molar-refractivity contribution in [1.82, 2.24) is 0 Å². The Morgan fingerprint density at radius 3 is 2.12 bits per heavy atom. The van der Waals surface area contributed by atoms with Gasteiger partial charge in [0, 0.05) is 11.5 Å². The highest BCUT2D eigenvalue weighted by Crippen LogP contribution is 2.35. The maximum atomic E-state index is 5.74. The van der Waals surface area contributed by atoms with E-state index in [2.05, 4.69) is 62.1 Å². The van der Waals surface area contributed by atoms with Gasteiger partial charge in [0.05, 0.1) is 6.61 Å². The van der Waals surface area contributed by atoms with Crippen LogP contribution in [-0.2, 0) is 6.42 Å². The summed E-state index contributed by atoms with van der Waals surface area (Å²) in [6.45, 7) is 5.26. The third-order valence-electron chi connectivity index (χ3n) is 6.79. The molecule has 1 aliphatic rings. The van der Waals surface area contributed by atoms with Crippen LogP contribution >= 0.6 is 0 Å². The summed E-state index contributed by atoms with van der Waals surface area (Å²) in [5.74, 6) is 9.14. The normalized spacial score (nSPS) is 18.1. The summed E-state index contributed by atoms with van der Waals surface area (Å²) in [6.07, 6.45) is 15.3. The molecule has 2 aromatic carbocycles. The standard InChI is InChI=1S/C31H42O/c1-3-5-7-8-9-10-26-13-19-29(20-14-26)30-21-15-27(16-22-30)11-12-28-17-23-31(24-18-28)32-25-6-4-2/h13-14,17-20,23-24,27,30H,3-10,15-16,21-22,25H2,1-2H3/t27-,30-. The fourth-order valence-corrected chi connectivity index (χ4v) is 4.61. The zero-order valence-corrected chi connectivity index (χ0v) is 20.4. The summed E-state index contributed by atoms with van der Waals surface area (Å²) in [6, 6.07) is 17.8. The Labute approximate surface area is 197 Å². The Kier molecular flexibility index (Phi) is 10.7. The Balaban J connectivity index is 1.40. The molecule has 0 aromatic heterocycles. The van der Waals surface area contributed by atoms with E-state index in [0.29, 0.717) is 11.8 Å². The number of unbranched alkanes of at least 4 members (excludes halogenated alkanes) is 5. The van der Waals surface area contributed by atoms with Crippen molar-refractivity contribution >= 4 is 0 Å². The molecule has 1 saturated carbocycles.